The smallest absolute Gasteiger partial charge is 0.397 e. The maximum absolute atomic E-state index is 12.5. The van der Waals surface area contributed by atoms with Gasteiger partial charge in [0, 0.05) is 6.20 Å². The number of hydrogen-bond donors (Lipinski definition) is 1. The topological polar surface area (TPSA) is 63.1 Å². The Kier molecular flexibility index (Phi) is 3.69. The third-order valence-electron chi connectivity index (χ3n) is 1.75. The summed E-state index contributed by atoms with van der Waals surface area (Å²) in [6, 6.07) is 0. The van der Waals surface area contributed by atoms with Gasteiger partial charge in [0.15, 0.2) is 0 Å². The van der Waals surface area contributed by atoms with Crippen LogP contribution in [0.15, 0.2) is 12.4 Å². The number of halogens is 4. The Morgan fingerprint density at radius 3 is 2.56 bits per heavy atom. The molecule has 1 unspecified atom stereocenters. The van der Waals surface area contributed by atoms with Crippen LogP contribution < -0.4 is 0 Å². The van der Waals surface area contributed by atoms with E-state index in [1.807, 2.05) is 0 Å². The maximum atomic E-state index is 12.5. The third kappa shape index (κ3) is 3.34. The normalized spacial score (nSPS) is 13.5. The van der Waals surface area contributed by atoms with E-state index in [4.69, 9.17) is 16.7 Å². The number of aromatic nitrogens is 2. The average Bonchev–Trinajstić information content (AvgIpc) is 2.12. The van der Waals surface area contributed by atoms with Crippen LogP contribution in [0.1, 0.15) is 18.0 Å². The van der Waals surface area contributed by atoms with Crippen LogP contribution in [0.5, 0.6) is 0 Å². The van der Waals surface area contributed by atoms with Crippen molar-refractivity contribution in [2.24, 2.45) is 0 Å². The van der Waals surface area contributed by atoms with Crippen LogP contribution in [0.3, 0.4) is 0 Å². The maximum Gasteiger partial charge on any atom is 0.397 e. The molecule has 88 valence electrons. The Hall–Kier alpha value is -1.37. The lowest BCUT2D eigenvalue weighted by Gasteiger charge is -2.17. The molecule has 1 aromatic heterocycles. The molecule has 0 fully saturated rings. The van der Waals surface area contributed by atoms with Crippen LogP contribution in [-0.2, 0) is 4.79 Å². The van der Waals surface area contributed by atoms with E-state index >= 15 is 0 Å². The lowest BCUT2D eigenvalue weighted by molar-refractivity contribution is -0.164. The highest BCUT2D eigenvalue weighted by molar-refractivity contribution is 6.29. The molecule has 0 radical (unpaired) electrons. The Labute approximate surface area is 93.1 Å². The van der Waals surface area contributed by atoms with Gasteiger partial charge >= 0.3 is 12.1 Å². The minimum absolute atomic E-state index is 0.211. The zero-order valence-electron chi connectivity index (χ0n) is 7.70. The van der Waals surface area contributed by atoms with Gasteiger partial charge in [0.2, 0.25) is 0 Å². The van der Waals surface area contributed by atoms with Crippen LogP contribution in [0.4, 0.5) is 13.2 Å². The van der Waals surface area contributed by atoms with E-state index in [1.165, 1.54) is 0 Å². The molecule has 8 heteroatoms. The van der Waals surface area contributed by atoms with Crippen LogP contribution in [0, 0.1) is 0 Å². The van der Waals surface area contributed by atoms with E-state index < -0.39 is 30.2 Å². The Morgan fingerprint density at radius 1 is 1.50 bits per heavy atom. The predicted molar refractivity (Wildman–Crippen MR) is 48.1 cm³/mol. The summed E-state index contributed by atoms with van der Waals surface area (Å²) >= 11 is 5.39. The van der Waals surface area contributed by atoms with Crippen molar-refractivity contribution in [3.05, 3.63) is 23.2 Å². The molecule has 0 bridgehead atoms. The number of hydrogen-bond acceptors (Lipinski definition) is 3. The van der Waals surface area contributed by atoms with Gasteiger partial charge in [-0.25, -0.2) is 4.98 Å². The summed E-state index contributed by atoms with van der Waals surface area (Å²) in [4.78, 5) is 17.2. The Bertz CT molecular complexity index is 397. The van der Waals surface area contributed by atoms with Gasteiger partial charge in [-0.1, -0.05) is 11.6 Å². The number of carboxylic acids is 1. The van der Waals surface area contributed by atoms with Crippen LogP contribution >= 0.6 is 11.6 Å². The van der Waals surface area contributed by atoms with Gasteiger partial charge in [-0.3, -0.25) is 9.78 Å². The van der Waals surface area contributed by atoms with E-state index in [0.29, 0.717) is 0 Å². The average molecular weight is 255 g/mol. The van der Waals surface area contributed by atoms with Gasteiger partial charge in [-0.05, 0) is 0 Å². The highest BCUT2D eigenvalue weighted by Gasteiger charge is 2.43. The molecule has 0 aromatic carbocycles. The minimum atomic E-state index is -4.70. The number of aliphatic carboxylic acids is 1. The molecule has 0 aliphatic rings. The summed E-state index contributed by atoms with van der Waals surface area (Å²) in [6.45, 7) is 0. The van der Waals surface area contributed by atoms with Gasteiger partial charge in [-0.15, -0.1) is 0 Å². The lowest BCUT2D eigenvalue weighted by Crippen LogP contribution is -2.24. The largest absolute Gasteiger partial charge is 0.481 e. The summed E-state index contributed by atoms with van der Waals surface area (Å²) in [7, 11) is 0. The van der Waals surface area contributed by atoms with Gasteiger partial charge in [0.1, 0.15) is 11.1 Å². The van der Waals surface area contributed by atoms with Crippen molar-refractivity contribution in [1.82, 2.24) is 9.97 Å². The van der Waals surface area contributed by atoms with E-state index in [9.17, 15) is 18.0 Å². The second kappa shape index (κ2) is 4.65. The molecule has 1 atom stereocenters. The molecule has 16 heavy (non-hydrogen) atoms. The molecular formula is C8H6ClF3N2O2. The SMILES string of the molecule is O=C(O)CC(c1cncc(Cl)n1)C(F)(F)F. The fraction of sp³-hybridized carbons (Fsp3) is 0.375. The summed E-state index contributed by atoms with van der Waals surface area (Å²) in [5.74, 6) is -3.76. The monoisotopic (exact) mass is 254 g/mol. The van der Waals surface area contributed by atoms with Gasteiger partial charge in [0.25, 0.3) is 0 Å². The summed E-state index contributed by atoms with van der Waals surface area (Å²) in [5, 5.41) is 8.19. The van der Waals surface area contributed by atoms with Crippen LogP contribution in [-0.4, -0.2) is 27.2 Å². The van der Waals surface area contributed by atoms with Gasteiger partial charge in [0.05, 0.1) is 18.3 Å². The highest BCUT2D eigenvalue weighted by atomic mass is 35.5. The van der Waals surface area contributed by atoms with Gasteiger partial charge < -0.3 is 5.11 Å². The number of carboxylic acid groups (broad SMARTS) is 1. The molecule has 0 spiro atoms. The first-order chi connectivity index (χ1) is 7.30. The second-order valence-corrected chi connectivity index (χ2v) is 3.35. The molecule has 1 rings (SSSR count). The van der Waals surface area contributed by atoms with E-state index in [1.54, 1.807) is 0 Å². The first-order valence-corrected chi connectivity index (χ1v) is 4.44. The molecule has 0 amide bonds. The van der Waals surface area contributed by atoms with Crippen molar-refractivity contribution in [2.45, 2.75) is 18.5 Å². The molecule has 1 N–H and O–H groups in total. The zero-order chi connectivity index (χ0) is 12.3. The second-order valence-electron chi connectivity index (χ2n) is 2.96. The molecule has 0 saturated carbocycles. The first-order valence-electron chi connectivity index (χ1n) is 4.06. The lowest BCUT2D eigenvalue weighted by atomic mass is 10.0. The van der Waals surface area contributed by atoms with Crippen molar-refractivity contribution < 1.29 is 23.1 Å². The van der Waals surface area contributed by atoms with Crippen molar-refractivity contribution in [2.75, 3.05) is 0 Å². The fourth-order valence-electron chi connectivity index (χ4n) is 1.09. The molecule has 1 aromatic rings. The van der Waals surface area contributed by atoms with E-state index in [-0.39, 0.29) is 5.15 Å². The van der Waals surface area contributed by atoms with Crippen LogP contribution in [0.2, 0.25) is 5.15 Å². The molecule has 0 aliphatic carbocycles. The Balaban J connectivity index is 3.06. The highest BCUT2D eigenvalue weighted by Crippen LogP contribution is 2.36. The standard InChI is InChI=1S/C8H6ClF3N2O2/c9-6-3-13-2-5(14-6)4(1-7(15)16)8(10,11)12/h2-4H,1H2,(H,15,16). The molecule has 0 aliphatic heterocycles. The van der Waals surface area contributed by atoms with Crippen molar-refractivity contribution in [3.63, 3.8) is 0 Å². The van der Waals surface area contributed by atoms with Crippen LogP contribution in [0.25, 0.3) is 0 Å². The number of alkyl halides is 3. The molecule has 0 saturated heterocycles. The number of rotatable bonds is 3. The third-order valence-corrected chi connectivity index (χ3v) is 1.94. The predicted octanol–water partition coefficient (Wildman–Crippen LogP) is 2.25. The molecule has 4 nitrogen and oxygen atoms in total. The summed E-state index contributed by atoms with van der Waals surface area (Å²) < 4.78 is 37.6. The number of carbonyl (C=O) groups is 1. The first kappa shape index (κ1) is 12.7. The molecular weight excluding hydrogens is 249 g/mol. The number of nitrogens with zero attached hydrogens (tertiary/aromatic N) is 2. The summed E-state index contributed by atoms with van der Waals surface area (Å²) in [6.07, 6.45) is -3.87. The zero-order valence-corrected chi connectivity index (χ0v) is 8.46. The van der Waals surface area contributed by atoms with E-state index in [0.717, 1.165) is 12.4 Å². The fourth-order valence-corrected chi connectivity index (χ4v) is 1.24. The van der Waals surface area contributed by atoms with Crippen molar-refractivity contribution in [1.29, 1.82) is 0 Å². The van der Waals surface area contributed by atoms with E-state index in [2.05, 4.69) is 9.97 Å². The summed E-state index contributed by atoms with van der Waals surface area (Å²) in [5.41, 5.74) is -0.498. The van der Waals surface area contributed by atoms with Crippen molar-refractivity contribution >= 4 is 17.6 Å². The quantitative estimate of drug-likeness (QED) is 0.899. The van der Waals surface area contributed by atoms with Gasteiger partial charge in [-0.2, -0.15) is 13.2 Å². The minimum Gasteiger partial charge on any atom is -0.481 e. The molecule has 1 heterocycles. The van der Waals surface area contributed by atoms with Crippen molar-refractivity contribution in [3.8, 4) is 0 Å². The Morgan fingerprint density at radius 2 is 2.12 bits per heavy atom.